The van der Waals surface area contributed by atoms with E-state index in [1.807, 2.05) is 6.92 Å². The van der Waals surface area contributed by atoms with E-state index >= 15 is 0 Å². The monoisotopic (exact) mass is 272 g/mol. The number of nitrogens with one attached hydrogen (secondary N) is 1. The first-order valence-corrected chi connectivity index (χ1v) is 7.27. The van der Waals surface area contributed by atoms with Gasteiger partial charge in [-0.15, -0.1) is 0 Å². The van der Waals surface area contributed by atoms with Gasteiger partial charge >= 0.3 is 0 Å². The summed E-state index contributed by atoms with van der Waals surface area (Å²) >= 11 is 0. The Labute approximate surface area is 118 Å². The Morgan fingerprint density at radius 1 is 1.30 bits per heavy atom. The lowest BCUT2D eigenvalue weighted by molar-refractivity contribution is 0.0952. The van der Waals surface area contributed by atoms with Crippen molar-refractivity contribution in [3.63, 3.8) is 0 Å². The largest absolute Gasteiger partial charge is 0.507 e. The van der Waals surface area contributed by atoms with Crippen molar-refractivity contribution in [2.45, 2.75) is 32.6 Å². The van der Waals surface area contributed by atoms with E-state index in [-0.39, 0.29) is 17.2 Å². The summed E-state index contributed by atoms with van der Waals surface area (Å²) in [6.07, 6.45) is 5.20. The fraction of sp³-hybridized carbons (Fsp3) is 0.500. The molecule has 3 atom stereocenters. The van der Waals surface area contributed by atoms with Crippen molar-refractivity contribution in [1.82, 2.24) is 5.43 Å². The topological polar surface area (TPSA) is 61.7 Å². The third kappa shape index (κ3) is 2.42. The van der Waals surface area contributed by atoms with Crippen LogP contribution in [-0.2, 0) is 0 Å². The summed E-state index contributed by atoms with van der Waals surface area (Å²) in [6.45, 7) is 2.00. The van der Waals surface area contributed by atoms with Gasteiger partial charge < -0.3 is 5.11 Å². The Bertz CT molecular complexity index is 553. The minimum atomic E-state index is -0.356. The Morgan fingerprint density at radius 3 is 2.75 bits per heavy atom. The van der Waals surface area contributed by atoms with E-state index in [0.717, 1.165) is 17.5 Å². The summed E-state index contributed by atoms with van der Waals surface area (Å²) in [5.74, 6) is 1.77. The number of phenols is 1. The molecule has 2 aliphatic rings. The van der Waals surface area contributed by atoms with Gasteiger partial charge in [-0.25, -0.2) is 5.43 Å². The third-order valence-corrected chi connectivity index (χ3v) is 4.76. The highest BCUT2D eigenvalue weighted by molar-refractivity contribution is 5.97. The first-order chi connectivity index (χ1) is 9.65. The van der Waals surface area contributed by atoms with Crippen LogP contribution in [0.4, 0.5) is 0 Å². The maximum absolute atomic E-state index is 12.0. The van der Waals surface area contributed by atoms with Gasteiger partial charge in [0.05, 0.1) is 5.56 Å². The number of phenolic OH excluding ortho intramolecular Hbond substituents is 1. The lowest BCUT2D eigenvalue weighted by Gasteiger charge is -2.21. The number of carbonyl (C=O) groups excluding carboxylic acids is 1. The molecule has 2 N–H and O–H groups in total. The third-order valence-electron chi connectivity index (χ3n) is 4.76. The van der Waals surface area contributed by atoms with Crippen LogP contribution in [0.3, 0.4) is 0 Å². The Hall–Kier alpha value is -1.84. The van der Waals surface area contributed by atoms with Crippen LogP contribution >= 0.6 is 0 Å². The minimum Gasteiger partial charge on any atom is -0.507 e. The summed E-state index contributed by atoms with van der Waals surface area (Å²) in [7, 11) is 0. The number of fused-ring (bicyclic) bond motifs is 2. The zero-order chi connectivity index (χ0) is 14.1. The van der Waals surface area contributed by atoms with Crippen LogP contribution in [0.15, 0.2) is 29.4 Å². The van der Waals surface area contributed by atoms with E-state index in [1.165, 1.54) is 31.7 Å². The van der Waals surface area contributed by atoms with E-state index < -0.39 is 0 Å². The van der Waals surface area contributed by atoms with Gasteiger partial charge in [0.2, 0.25) is 0 Å². The lowest BCUT2D eigenvalue weighted by atomic mass is 9.86. The molecule has 3 rings (SSSR count). The molecule has 1 amide bonds. The van der Waals surface area contributed by atoms with Crippen LogP contribution < -0.4 is 5.43 Å². The van der Waals surface area contributed by atoms with Crippen molar-refractivity contribution in [2.24, 2.45) is 22.9 Å². The van der Waals surface area contributed by atoms with Crippen LogP contribution in [-0.4, -0.2) is 16.7 Å². The van der Waals surface area contributed by atoms with Gasteiger partial charge in [-0.3, -0.25) is 4.79 Å². The first-order valence-electron chi connectivity index (χ1n) is 7.27. The quantitative estimate of drug-likeness (QED) is 0.656. The number of aromatic hydroxyl groups is 1. The second kappa shape index (κ2) is 5.27. The SMILES string of the molecule is C/C(=N/NC(=O)c1ccccc1O)[C@H]1C[C@H]2CC[C@@H]1C2. The molecule has 2 aliphatic carbocycles. The number of nitrogens with zero attached hydrogens (tertiary/aromatic N) is 1. The molecule has 2 fully saturated rings. The number of hydrogen-bond donors (Lipinski definition) is 2. The molecule has 0 aliphatic heterocycles. The molecular weight excluding hydrogens is 252 g/mol. The van der Waals surface area contributed by atoms with Crippen molar-refractivity contribution in [1.29, 1.82) is 0 Å². The molecule has 4 heteroatoms. The van der Waals surface area contributed by atoms with Crippen LogP contribution in [0.2, 0.25) is 0 Å². The smallest absolute Gasteiger partial charge is 0.275 e. The number of amides is 1. The maximum Gasteiger partial charge on any atom is 0.275 e. The van der Waals surface area contributed by atoms with Gasteiger partial charge in [-0.2, -0.15) is 5.10 Å². The maximum atomic E-state index is 12.0. The van der Waals surface area contributed by atoms with Crippen molar-refractivity contribution in [3.8, 4) is 5.75 Å². The van der Waals surface area contributed by atoms with Gasteiger partial charge in [0.15, 0.2) is 0 Å². The fourth-order valence-corrected chi connectivity index (χ4v) is 3.70. The van der Waals surface area contributed by atoms with E-state index in [4.69, 9.17) is 0 Å². The predicted molar refractivity (Wildman–Crippen MR) is 77.6 cm³/mol. The minimum absolute atomic E-state index is 0.0159. The number of hydrogen-bond acceptors (Lipinski definition) is 3. The number of carbonyl (C=O) groups is 1. The highest BCUT2D eigenvalue weighted by Crippen LogP contribution is 2.48. The molecule has 2 bridgehead atoms. The molecule has 0 aromatic heterocycles. The van der Waals surface area contributed by atoms with Gasteiger partial charge in [0.1, 0.15) is 5.75 Å². The van der Waals surface area contributed by atoms with E-state index in [9.17, 15) is 9.90 Å². The second-order valence-corrected chi connectivity index (χ2v) is 5.99. The fourth-order valence-electron chi connectivity index (χ4n) is 3.70. The average Bonchev–Trinajstić information content (AvgIpc) is 3.07. The highest BCUT2D eigenvalue weighted by atomic mass is 16.3. The standard InChI is InChI=1S/C16H20N2O2/c1-10(14-9-11-6-7-12(14)8-11)17-18-16(20)13-4-2-3-5-15(13)19/h2-5,11-12,14,19H,6-9H2,1H3,(H,18,20)/b17-10-/t11-,12+,14+/m0/s1. The first kappa shape index (κ1) is 13.2. The summed E-state index contributed by atoms with van der Waals surface area (Å²) in [5.41, 5.74) is 3.84. The van der Waals surface area contributed by atoms with Gasteiger partial charge in [-0.05, 0) is 50.2 Å². The van der Waals surface area contributed by atoms with E-state index in [2.05, 4.69) is 10.5 Å². The Morgan fingerprint density at radius 2 is 2.10 bits per heavy atom. The number of benzene rings is 1. The van der Waals surface area contributed by atoms with Crippen LogP contribution in [0, 0.1) is 17.8 Å². The van der Waals surface area contributed by atoms with E-state index in [1.54, 1.807) is 18.2 Å². The Balaban J connectivity index is 1.65. The van der Waals surface area contributed by atoms with Crippen molar-refractivity contribution < 1.29 is 9.90 Å². The van der Waals surface area contributed by atoms with Crippen molar-refractivity contribution in [3.05, 3.63) is 29.8 Å². The number of para-hydroxylation sites is 1. The summed E-state index contributed by atoms with van der Waals surface area (Å²) in [6, 6.07) is 6.51. The molecule has 106 valence electrons. The lowest BCUT2D eigenvalue weighted by Crippen LogP contribution is -2.24. The summed E-state index contributed by atoms with van der Waals surface area (Å²) in [4.78, 5) is 12.0. The molecule has 2 saturated carbocycles. The Kier molecular flexibility index (Phi) is 3.47. The second-order valence-electron chi connectivity index (χ2n) is 5.99. The normalized spacial score (nSPS) is 28.6. The molecule has 20 heavy (non-hydrogen) atoms. The molecular formula is C16H20N2O2. The molecule has 1 aromatic rings. The molecule has 0 saturated heterocycles. The summed E-state index contributed by atoms with van der Waals surface area (Å²) < 4.78 is 0. The molecule has 0 heterocycles. The van der Waals surface area contributed by atoms with Gasteiger partial charge in [0, 0.05) is 11.6 Å². The molecule has 0 unspecified atom stereocenters. The zero-order valence-electron chi connectivity index (χ0n) is 11.7. The molecule has 1 aromatic carbocycles. The number of hydrazone groups is 1. The number of rotatable bonds is 3. The molecule has 0 radical (unpaired) electrons. The van der Waals surface area contributed by atoms with Gasteiger partial charge in [0.25, 0.3) is 5.91 Å². The van der Waals surface area contributed by atoms with E-state index in [0.29, 0.717) is 5.92 Å². The summed E-state index contributed by atoms with van der Waals surface area (Å²) in [5, 5.41) is 13.9. The van der Waals surface area contributed by atoms with Crippen LogP contribution in [0.25, 0.3) is 0 Å². The highest BCUT2D eigenvalue weighted by Gasteiger charge is 2.40. The van der Waals surface area contributed by atoms with Crippen molar-refractivity contribution >= 4 is 11.6 Å². The van der Waals surface area contributed by atoms with Crippen LogP contribution in [0.1, 0.15) is 43.0 Å². The zero-order valence-corrected chi connectivity index (χ0v) is 11.7. The molecule has 0 spiro atoms. The van der Waals surface area contributed by atoms with Crippen molar-refractivity contribution in [2.75, 3.05) is 0 Å². The molecule has 4 nitrogen and oxygen atoms in total. The van der Waals surface area contributed by atoms with Crippen LogP contribution in [0.5, 0.6) is 5.75 Å². The average molecular weight is 272 g/mol. The predicted octanol–water partition coefficient (Wildman–Crippen LogP) is 2.93. The van der Waals surface area contributed by atoms with Gasteiger partial charge in [-0.1, -0.05) is 18.6 Å².